The fourth-order valence-corrected chi connectivity index (χ4v) is 21.8. The standard InChI is InChI=1S/C8H11.C6H7.C2H6Si.2ClH.Zr/c1-6-4-7(2)8(3)5-6;1-6-4-2-3-5-6;1-3-2;;;/h4,6H,1-3H3;4-5H,2H2,1H3;1-2H3;2*1H;/q;;;;;+2/p-2. The van der Waals surface area contributed by atoms with Gasteiger partial charge in [-0.2, -0.15) is 0 Å². The molecule has 0 saturated heterocycles. The molecular weight excluding hydrogens is 382 g/mol. The van der Waals surface area contributed by atoms with Crippen LogP contribution in [-0.4, -0.2) is 5.43 Å². The van der Waals surface area contributed by atoms with E-state index in [1.54, 1.807) is 11.1 Å². The average molecular weight is 407 g/mol. The summed E-state index contributed by atoms with van der Waals surface area (Å²) in [5.41, 5.74) is 4.54. The van der Waals surface area contributed by atoms with E-state index < -0.39 is 20.4 Å². The van der Waals surface area contributed by atoms with Crippen molar-refractivity contribution >= 4 is 5.43 Å². The van der Waals surface area contributed by atoms with Gasteiger partial charge in [0.25, 0.3) is 0 Å². The molecule has 0 radical (unpaired) electrons. The van der Waals surface area contributed by atoms with Crippen LogP contribution in [0.2, 0.25) is 13.1 Å². The molecule has 2 rings (SSSR count). The summed E-state index contributed by atoms with van der Waals surface area (Å²) in [4.78, 5) is 0. The maximum Gasteiger partial charge on any atom is -1.00 e. The zero-order chi connectivity index (χ0) is 13.4. The van der Waals surface area contributed by atoms with Gasteiger partial charge < -0.3 is 24.8 Å². The minimum atomic E-state index is -1.53. The van der Waals surface area contributed by atoms with Crippen molar-refractivity contribution in [1.29, 1.82) is 0 Å². The monoisotopic (exact) mass is 404 g/mol. The van der Waals surface area contributed by atoms with E-state index >= 15 is 0 Å². The van der Waals surface area contributed by atoms with Crippen LogP contribution in [0.1, 0.15) is 34.1 Å². The number of rotatable bonds is 2. The van der Waals surface area contributed by atoms with Crippen molar-refractivity contribution in [2.75, 3.05) is 0 Å². The molecule has 110 valence electrons. The van der Waals surface area contributed by atoms with E-state index in [0.29, 0.717) is 0 Å². The number of allylic oxidation sites excluding steroid dienone is 8. The first-order chi connectivity index (χ1) is 8.41. The summed E-state index contributed by atoms with van der Waals surface area (Å²) in [5.74, 6) is 0.723. The van der Waals surface area contributed by atoms with Crippen LogP contribution in [-0.2, 0) is 20.4 Å². The van der Waals surface area contributed by atoms with Crippen molar-refractivity contribution in [3.8, 4) is 0 Å². The molecule has 2 aliphatic rings. The van der Waals surface area contributed by atoms with Crippen LogP contribution in [0.5, 0.6) is 0 Å². The molecule has 0 nitrogen and oxygen atoms in total. The zero-order valence-electron chi connectivity index (χ0n) is 13.3. The molecule has 0 aromatic rings. The van der Waals surface area contributed by atoms with Crippen molar-refractivity contribution < 1.29 is 45.2 Å². The summed E-state index contributed by atoms with van der Waals surface area (Å²) < 4.78 is 3.77. The minimum absolute atomic E-state index is 0. The van der Waals surface area contributed by atoms with Gasteiger partial charge in [-0.05, 0) is 0 Å². The molecule has 1 atom stereocenters. The molecule has 4 heteroatoms. The molecule has 0 heterocycles. The van der Waals surface area contributed by atoms with Gasteiger partial charge in [0.05, 0.1) is 0 Å². The summed E-state index contributed by atoms with van der Waals surface area (Å²) in [5, 5.41) is 0. The Bertz CT molecular complexity index is 547. The predicted molar refractivity (Wildman–Crippen MR) is 79.6 cm³/mol. The molecule has 1 unspecified atom stereocenters. The summed E-state index contributed by atoms with van der Waals surface area (Å²) in [6.07, 6.45) is 8.70. The van der Waals surface area contributed by atoms with E-state index in [1.807, 2.05) is 6.56 Å². The average Bonchev–Trinajstić information content (AvgIpc) is 2.78. The van der Waals surface area contributed by atoms with Crippen LogP contribution in [0, 0.1) is 5.92 Å². The largest absolute Gasteiger partial charge is 1.00 e. The molecule has 0 saturated carbocycles. The van der Waals surface area contributed by atoms with Crippen molar-refractivity contribution in [3.63, 3.8) is 0 Å². The van der Waals surface area contributed by atoms with E-state index in [2.05, 4.69) is 59.0 Å². The minimum Gasteiger partial charge on any atom is -1.00 e. The second kappa shape index (κ2) is 8.32. The first-order valence-electron chi connectivity index (χ1n) is 6.87. The summed E-state index contributed by atoms with van der Waals surface area (Å²) in [7, 11) is 0. The van der Waals surface area contributed by atoms with Crippen LogP contribution in [0.25, 0.3) is 0 Å². The predicted octanol–water partition coefficient (Wildman–Crippen LogP) is -1.03. The Labute approximate surface area is 144 Å². The number of halogens is 2. The molecule has 2 aliphatic carbocycles. The smallest absolute Gasteiger partial charge is 1.00 e. The maximum absolute atomic E-state index is 2.55. The van der Waals surface area contributed by atoms with E-state index in [0.717, 1.165) is 5.92 Å². The van der Waals surface area contributed by atoms with E-state index in [1.165, 1.54) is 12.0 Å². The number of hydrogen-bond acceptors (Lipinski definition) is 0. The second-order valence-electron chi connectivity index (χ2n) is 5.87. The van der Waals surface area contributed by atoms with Crippen LogP contribution >= 0.6 is 0 Å². The molecule has 20 heavy (non-hydrogen) atoms. The zero-order valence-corrected chi connectivity index (χ0v) is 18.2. The van der Waals surface area contributed by atoms with Gasteiger partial charge in [-0.25, -0.2) is 0 Å². The molecule has 0 spiro atoms. The van der Waals surface area contributed by atoms with Gasteiger partial charge in [-0.1, -0.05) is 0 Å². The van der Waals surface area contributed by atoms with Crippen molar-refractivity contribution in [3.05, 3.63) is 41.5 Å². The fourth-order valence-electron chi connectivity index (χ4n) is 3.15. The van der Waals surface area contributed by atoms with Gasteiger partial charge in [0.15, 0.2) is 0 Å². The molecule has 0 aliphatic heterocycles. The SMILES string of the molecule is CC1=CC[C]([Zr+2]([C]2=C(C)C(C)=CC2C)=[Si](C)C)=C1.[Cl-].[Cl-]. The normalized spacial score (nSPS) is 20.2. The van der Waals surface area contributed by atoms with Gasteiger partial charge in [0.1, 0.15) is 0 Å². The fraction of sp³-hybridized carbons (Fsp3) is 0.500. The Kier molecular flexibility index (Phi) is 8.59. The summed E-state index contributed by atoms with van der Waals surface area (Å²) >= 11 is -1.53. The van der Waals surface area contributed by atoms with Gasteiger partial charge in [-0.3, -0.25) is 0 Å². The number of hydrogen-bond donors (Lipinski definition) is 0. The van der Waals surface area contributed by atoms with Crippen LogP contribution in [0.15, 0.2) is 41.5 Å². The Balaban J connectivity index is 0.00000180. The second-order valence-corrected chi connectivity index (χ2v) is 23.0. The first-order valence-corrected chi connectivity index (χ1v) is 15.5. The molecule has 0 N–H and O–H groups in total. The Hall–Kier alpha value is 0.640. The van der Waals surface area contributed by atoms with Crippen molar-refractivity contribution in [2.24, 2.45) is 5.92 Å². The molecule has 0 aromatic heterocycles. The van der Waals surface area contributed by atoms with E-state index in [-0.39, 0.29) is 30.2 Å². The Morgan fingerprint density at radius 3 is 2.10 bits per heavy atom. The third-order valence-electron chi connectivity index (χ3n) is 4.09. The Morgan fingerprint density at radius 2 is 1.75 bits per heavy atom. The van der Waals surface area contributed by atoms with Gasteiger partial charge in [-0.15, -0.1) is 0 Å². The summed E-state index contributed by atoms with van der Waals surface area (Å²) in [6, 6.07) is 0. The first kappa shape index (κ1) is 20.6. The third-order valence-corrected chi connectivity index (χ3v) is 21.8. The van der Waals surface area contributed by atoms with Gasteiger partial charge in [0.2, 0.25) is 0 Å². The van der Waals surface area contributed by atoms with Crippen molar-refractivity contribution in [2.45, 2.75) is 47.2 Å². The quantitative estimate of drug-likeness (QED) is 0.515. The van der Waals surface area contributed by atoms with Crippen LogP contribution < -0.4 is 24.8 Å². The molecule has 0 aromatic carbocycles. The topological polar surface area (TPSA) is 0 Å². The van der Waals surface area contributed by atoms with E-state index in [9.17, 15) is 0 Å². The molecular formula is C16H24Cl2SiZr. The van der Waals surface area contributed by atoms with Gasteiger partial charge >= 0.3 is 120 Å². The van der Waals surface area contributed by atoms with Crippen LogP contribution in [0.3, 0.4) is 0 Å². The van der Waals surface area contributed by atoms with Crippen molar-refractivity contribution in [1.82, 2.24) is 0 Å². The Morgan fingerprint density at radius 1 is 1.15 bits per heavy atom. The molecule has 0 amide bonds. The van der Waals surface area contributed by atoms with E-state index in [4.69, 9.17) is 0 Å². The molecule has 0 bridgehead atoms. The summed E-state index contributed by atoms with van der Waals surface area (Å²) in [6.45, 7) is 14.4. The maximum atomic E-state index is 2.55. The van der Waals surface area contributed by atoms with Crippen LogP contribution in [0.4, 0.5) is 0 Å². The van der Waals surface area contributed by atoms with Gasteiger partial charge in [0, 0.05) is 0 Å². The molecule has 0 fully saturated rings. The third kappa shape index (κ3) is 4.09.